The van der Waals surface area contributed by atoms with Crippen LogP contribution in [0.3, 0.4) is 0 Å². The van der Waals surface area contributed by atoms with Crippen LogP contribution >= 0.6 is 11.3 Å². The van der Waals surface area contributed by atoms with E-state index in [0.29, 0.717) is 29.4 Å². The van der Waals surface area contributed by atoms with Gasteiger partial charge in [0.1, 0.15) is 10.8 Å². The van der Waals surface area contributed by atoms with E-state index in [1.54, 1.807) is 36.3 Å². The zero-order valence-corrected chi connectivity index (χ0v) is 16.0. The molecule has 1 fully saturated rings. The molecule has 0 radical (unpaired) electrons. The van der Waals surface area contributed by atoms with Gasteiger partial charge in [0, 0.05) is 30.1 Å². The fourth-order valence-corrected chi connectivity index (χ4v) is 3.92. The highest BCUT2D eigenvalue weighted by atomic mass is 32.1. The lowest BCUT2D eigenvalue weighted by Crippen LogP contribution is -2.24. The molecule has 2 aromatic carbocycles. The number of amides is 2. The average Bonchev–Trinajstić information content (AvgIpc) is 3.35. The van der Waals surface area contributed by atoms with E-state index in [4.69, 9.17) is 4.74 Å². The second kappa shape index (κ2) is 7.77. The van der Waals surface area contributed by atoms with Crippen molar-refractivity contribution in [3.63, 3.8) is 0 Å². The maximum Gasteiger partial charge on any atom is 0.257 e. The van der Waals surface area contributed by atoms with Crippen molar-refractivity contribution in [1.82, 2.24) is 10.2 Å². The van der Waals surface area contributed by atoms with Gasteiger partial charge in [0.15, 0.2) is 0 Å². The largest absolute Gasteiger partial charge is 0.497 e. The molecular formula is C20H18N4O3S. The number of ether oxygens (including phenoxy) is 1. The zero-order chi connectivity index (χ0) is 19.5. The van der Waals surface area contributed by atoms with Crippen molar-refractivity contribution in [2.45, 2.75) is 12.3 Å². The third kappa shape index (κ3) is 3.72. The average molecular weight is 394 g/mol. The topological polar surface area (TPSA) is 84.4 Å². The van der Waals surface area contributed by atoms with Gasteiger partial charge in [0.05, 0.1) is 7.11 Å². The predicted octanol–water partition coefficient (Wildman–Crippen LogP) is 3.32. The van der Waals surface area contributed by atoms with E-state index in [1.807, 2.05) is 30.3 Å². The molecule has 1 aliphatic heterocycles. The lowest BCUT2D eigenvalue weighted by atomic mass is 10.1. The first-order valence-corrected chi connectivity index (χ1v) is 9.60. The van der Waals surface area contributed by atoms with Crippen molar-refractivity contribution in [2.75, 3.05) is 23.9 Å². The fraction of sp³-hybridized carbons (Fsp3) is 0.200. The third-order valence-electron chi connectivity index (χ3n) is 4.56. The molecule has 7 nitrogen and oxygen atoms in total. The Morgan fingerprint density at radius 1 is 1.14 bits per heavy atom. The Balaban J connectivity index is 1.43. The van der Waals surface area contributed by atoms with Gasteiger partial charge in [-0.15, -0.1) is 10.2 Å². The SMILES string of the molecule is COc1ccc(C(=O)Nc2nnc(C3CC(=O)N(c4ccccc4)C3)s2)cc1. The van der Waals surface area contributed by atoms with Crippen molar-refractivity contribution in [3.05, 3.63) is 65.2 Å². The standard InChI is InChI=1S/C20H18N4O3S/c1-27-16-9-7-13(8-10-16)18(26)21-20-23-22-19(28-20)14-11-17(25)24(12-14)15-5-3-2-4-6-15/h2-10,14H,11-12H2,1H3,(H,21,23,26). The number of carbonyl (C=O) groups is 2. The smallest absolute Gasteiger partial charge is 0.257 e. The van der Waals surface area contributed by atoms with Crippen LogP contribution in [0.4, 0.5) is 10.8 Å². The van der Waals surface area contributed by atoms with Crippen LogP contribution in [0.1, 0.15) is 27.7 Å². The lowest BCUT2D eigenvalue weighted by Gasteiger charge is -2.15. The highest BCUT2D eigenvalue weighted by Gasteiger charge is 2.33. The van der Waals surface area contributed by atoms with E-state index in [2.05, 4.69) is 15.5 Å². The molecular weight excluding hydrogens is 376 g/mol. The van der Waals surface area contributed by atoms with E-state index < -0.39 is 0 Å². The highest BCUT2D eigenvalue weighted by molar-refractivity contribution is 7.15. The van der Waals surface area contributed by atoms with E-state index in [0.717, 1.165) is 10.7 Å². The fourth-order valence-electron chi connectivity index (χ4n) is 3.09. The molecule has 1 unspecified atom stereocenters. The Hall–Kier alpha value is -3.26. The van der Waals surface area contributed by atoms with Gasteiger partial charge >= 0.3 is 0 Å². The Morgan fingerprint density at radius 3 is 2.61 bits per heavy atom. The summed E-state index contributed by atoms with van der Waals surface area (Å²) in [5.41, 5.74) is 1.39. The van der Waals surface area contributed by atoms with Crippen LogP contribution in [0.5, 0.6) is 5.75 Å². The molecule has 28 heavy (non-hydrogen) atoms. The van der Waals surface area contributed by atoms with Crippen LogP contribution in [0.2, 0.25) is 0 Å². The summed E-state index contributed by atoms with van der Waals surface area (Å²) >= 11 is 1.30. The Labute approximate surface area is 166 Å². The number of nitrogens with zero attached hydrogens (tertiary/aromatic N) is 3. The zero-order valence-electron chi connectivity index (χ0n) is 15.2. The first-order chi connectivity index (χ1) is 13.6. The number of methoxy groups -OCH3 is 1. The summed E-state index contributed by atoms with van der Waals surface area (Å²) in [6.45, 7) is 0.559. The number of nitrogens with one attached hydrogen (secondary N) is 1. The van der Waals surface area contributed by atoms with Gasteiger partial charge < -0.3 is 9.64 Å². The van der Waals surface area contributed by atoms with Gasteiger partial charge in [-0.1, -0.05) is 29.5 Å². The minimum Gasteiger partial charge on any atom is -0.497 e. The minimum absolute atomic E-state index is 0.0307. The van der Waals surface area contributed by atoms with E-state index in [-0.39, 0.29) is 17.7 Å². The molecule has 142 valence electrons. The minimum atomic E-state index is -0.265. The number of benzene rings is 2. The van der Waals surface area contributed by atoms with Crippen molar-refractivity contribution >= 4 is 34.0 Å². The maximum atomic E-state index is 12.4. The van der Waals surface area contributed by atoms with Crippen molar-refractivity contribution in [3.8, 4) is 5.75 Å². The number of para-hydroxylation sites is 1. The molecule has 3 aromatic rings. The second-order valence-corrected chi connectivity index (χ2v) is 7.38. The highest BCUT2D eigenvalue weighted by Crippen LogP contribution is 2.34. The molecule has 1 aromatic heterocycles. The molecule has 0 bridgehead atoms. The molecule has 1 atom stereocenters. The van der Waals surface area contributed by atoms with Crippen LogP contribution in [0.15, 0.2) is 54.6 Å². The van der Waals surface area contributed by atoms with Gasteiger partial charge in [-0.2, -0.15) is 0 Å². The number of hydrogen-bond acceptors (Lipinski definition) is 6. The molecule has 8 heteroatoms. The first-order valence-electron chi connectivity index (χ1n) is 8.78. The Bertz CT molecular complexity index is 988. The first kappa shape index (κ1) is 18.1. The summed E-state index contributed by atoms with van der Waals surface area (Å²) in [5.74, 6) is 0.453. The molecule has 1 saturated heterocycles. The van der Waals surface area contributed by atoms with Gasteiger partial charge in [0.25, 0.3) is 5.91 Å². The summed E-state index contributed by atoms with van der Waals surface area (Å²) in [7, 11) is 1.57. The van der Waals surface area contributed by atoms with E-state index in [1.165, 1.54) is 11.3 Å². The number of aromatic nitrogens is 2. The number of anilines is 2. The molecule has 0 aliphatic carbocycles. The van der Waals surface area contributed by atoms with E-state index in [9.17, 15) is 9.59 Å². The summed E-state index contributed by atoms with van der Waals surface area (Å²) < 4.78 is 5.09. The third-order valence-corrected chi connectivity index (χ3v) is 5.56. The summed E-state index contributed by atoms with van der Waals surface area (Å²) in [6, 6.07) is 16.4. The normalized spacial score (nSPS) is 16.2. The Kier molecular flexibility index (Phi) is 5.03. The lowest BCUT2D eigenvalue weighted by molar-refractivity contribution is -0.117. The molecule has 4 rings (SSSR count). The number of carbonyl (C=O) groups excluding carboxylic acids is 2. The van der Waals surface area contributed by atoms with Gasteiger partial charge in [-0.05, 0) is 36.4 Å². The van der Waals surface area contributed by atoms with Crippen LogP contribution in [-0.4, -0.2) is 35.7 Å². The summed E-state index contributed by atoms with van der Waals surface area (Å²) in [4.78, 5) is 26.5. The molecule has 1 N–H and O–H groups in total. The van der Waals surface area contributed by atoms with Crippen molar-refractivity contribution < 1.29 is 14.3 Å². The van der Waals surface area contributed by atoms with Crippen molar-refractivity contribution in [2.24, 2.45) is 0 Å². The Morgan fingerprint density at radius 2 is 1.89 bits per heavy atom. The van der Waals surface area contributed by atoms with Crippen LogP contribution in [0, 0.1) is 0 Å². The molecule has 0 spiro atoms. The molecule has 2 heterocycles. The maximum absolute atomic E-state index is 12.4. The summed E-state index contributed by atoms with van der Waals surface area (Å²) in [5, 5.41) is 12.2. The van der Waals surface area contributed by atoms with Crippen molar-refractivity contribution in [1.29, 1.82) is 0 Å². The predicted molar refractivity (Wildman–Crippen MR) is 107 cm³/mol. The second-order valence-electron chi connectivity index (χ2n) is 6.37. The monoisotopic (exact) mass is 394 g/mol. The number of hydrogen-bond donors (Lipinski definition) is 1. The van der Waals surface area contributed by atoms with Crippen LogP contribution < -0.4 is 15.0 Å². The molecule has 2 amide bonds. The van der Waals surface area contributed by atoms with Gasteiger partial charge in [-0.3, -0.25) is 14.9 Å². The van der Waals surface area contributed by atoms with Gasteiger partial charge in [-0.25, -0.2) is 0 Å². The van der Waals surface area contributed by atoms with Crippen LogP contribution in [-0.2, 0) is 4.79 Å². The molecule has 1 aliphatic rings. The molecule has 0 saturated carbocycles. The van der Waals surface area contributed by atoms with Crippen LogP contribution in [0.25, 0.3) is 0 Å². The van der Waals surface area contributed by atoms with E-state index >= 15 is 0 Å². The quantitative estimate of drug-likeness (QED) is 0.718. The van der Waals surface area contributed by atoms with Gasteiger partial charge in [0.2, 0.25) is 11.0 Å². The summed E-state index contributed by atoms with van der Waals surface area (Å²) in [6.07, 6.45) is 0.385. The number of rotatable bonds is 5.